The third-order valence-corrected chi connectivity index (χ3v) is 5.57. The number of carboxylic acids is 2. The summed E-state index contributed by atoms with van der Waals surface area (Å²) in [4.78, 5) is 75.3. The van der Waals surface area contributed by atoms with Gasteiger partial charge >= 0.3 is 11.9 Å². The Balaban J connectivity index is 2.33. The molecule has 38 heavy (non-hydrogen) atoms. The van der Waals surface area contributed by atoms with Crippen molar-refractivity contribution in [1.82, 2.24) is 20.9 Å². The largest absolute Gasteiger partial charge is 0.481 e. The molecule has 4 unspecified atom stereocenters. The van der Waals surface area contributed by atoms with Gasteiger partial charge in [-0.05, 0) is 18.1 Å². The van der Waals surface area contributed by atoms with E-state index in [1.807, 2.05) is 0 Å². The van der Waals surface area contributed by atoms with Gasteiger partial charge in [0.1, 0.15) is 24.2 Å². The zero-order valence-corrected chi connectivity index (χ0v) is 20.2. The molecule has 4 atom stereocenters. The van der Waals surface area contributed by atoms with Crippen LogP contribution in [0.25, 0.3) is 10.9 Å². The summed E-state index contributed by atoms with van der Waals surface area (Å²) in [6.07, 6.45) is -0.148. The number of fused-ring (bicyclic) bond motifs is 1. The van der Waals surface area contributed by atoms with Gasteiger partial charge in [-0.3, -0.25) is 24.0 Å². The number of aliphatic hydroxyl groups is 1. The number of aromatic nitrogens is 1. The molecule has 0 aliphatic heterocycles. The van der Waals surface area contributed by atoms with Gasteiger partial charge in [0, 0.05) is 29.9 Å². The number of nitrogens with two attached hydrogens (primary N) is 2. The second kappa shape index (κ2) is 13.7. The molecule has 15 heteroatoms. The number of hydrogen-bond donors (Lipinski definition) is 9. The number of nitrogens with one attached hydrogen (secondary N) is 4. The Hall–Kier alpha value is -4.50. The monoisotopic (exact) mass is 534 g/mol. The van der Waals surface area contributed by atoms with Crippen LogP contribution in [-0.2, 0) is 35.2 Å². The molecule has 11 N–H and O–H groups in total. The first-order chi connectivity index (χ1) is 17.9. The number of amides is 4. The lowest BCUT2D eigenvalue weighted by Gasteiger charge is -2.24. The molecule has 15 nitrogen and oxygen atoms in total. The molecule has 1 aromatic carbocycles. The molecule has 4 amide bonds. The van der Waals surface area contributed by atoms with Crippen LogP contribution in [0, 0.1) is 0 Å². The van der Waals surface area contributed by atoms with E-state index in [1.54, 1.807) is 30.5 Å². The second-order valence-corrected chi connectivity index (χ2v) is 8.48. The van der Waals surface area contributed by atoms with Gasteiger partial charge < -0.3 is 47.7 Å². The topological polar surface area (TPSA) is 267 Å². The summed E-state index contributed by atoms with van der Waals surface area (Å²) in [6.45, 7) is -0.741. The predicted octanol–water partition coefficient (Wildman–Crippen LogP) is -2.69. The summed E-state index contributed by atoms with van der Waals surface area (Å²) in [7, 11) is 0. The molecule has 0 spiro atoms. The van der Waals surface area contributed by atoms with Crippen molar-refractivity contribution in [2.75, 3.05) is 6.61 Å². The molecule has 0 aliphatic rings. The Morgan fingerprint density at radius 2 is 1.50 bits per heavy atom. The molecule has 0 saturated carbocycles. The SMILES string of the molecule is NC(=O)CC(NC(=O)C(N)CO)C(=O)NC(Cc1c[nH]c2ccccc12)C(=O)NC(CCC(=O)O)C(=O)O. The third kappa shape index (κ3) is 8.56. The van der Waals surface area contributed by atoms with E-state index in [0.717, 1.165) is 10.9 Å². The van der Waals surface area contributed by atoms with Crippen molar-refractivity contribution < 1.29 is 44.1 Å². The number of hydrogen-bond acceptors (Lipinski definition) is 8. The van der Waals surface area contributed by atoms with Crippen molar-refractivity contribution in [3.05, 3.63) is 36.0 Å². The summed E-state index contributed by atoms with van der Waals surface area (Å²) in [5, 5.41) is 34.9. The number of aromatic amines is 1. The lowest BCUT2D eigenvalue weighted by Crippen LogP contribution is -2.58. The summed E-state index contributed by atoms with van der Waals surface area (Å²) in [5.74, 6) is -6.60. The Morgan fingerprint density at radius 1 is 0.895 bits per heavy atom. The highest BCUT2D eigenvalue weighted by atomic mass is 16.4. The first-order valence-electron chi connectivity index (χ1n) is 11.5. The average molecular weight is 535 g/mol. The van der Waals surface area contributed by atoms with Crippen molar-refractivity contribution in [1.29, 1.82) is 0 Å². The molecule has 0 saturated heterocycles. The molecule has 0 radical (unpaired) electrons. The number of aliphatic hydroxyl groups excluding tert-OH is 1. The lowest BCUT2D eigenvalue weighted by atomic mass is 10.0. The average Bonchev–Trinajstić information content (AvgIpc) is 3.27. The standard InChI is InChI=1S/C23H30N6O9/c24-13(10-30)20(34)28-17(8-18(25)31)22(36)29-16(7-11-9-26-14-4-2-1-3-12(11)14)21(35)27-15(23(37)38)5-6-19(32)33/h1-4,9,13,15-17,26,30H,5-8,10,24H2,(H2,25,31)(H,27,35)(H,28,34)(H,29,36)(H,32,33)(H,37,38). The highest BCUT2D eigenvalue weighted by Crippen LogP contribution is 2.19. The van der Waals surface area contributed by atoms with Crippen LogP contribution >= 0.6 is 0 Å². The number of carboxylic acid groups (broad SMARTS) is 2. The zero-order valence-electron chi connectivity index (χ0n) is 20.2. The van der Waals surface area contributed by atoms with Crippen molar-refractivity contribution in [3.8, 4) is 0 Å². The second-order valence-electron chi connectivity index (χ2n) is 8.48. The first kappa shape index (κ1) is 29.7. The van der Waals surface area contributed by atoms with E-state index in [2.05, 4.69) is 20.9 Å². The van der Waals surface area contributed by atoms with Crippen molar-refractivity contribution in [2.24, 2.45) is 11.5 Å². The Labute approximate surface area is 215 Å². The van der Waals surface area contributed by atoms with E-state index >= 15 is 0 Å². The maximum absolute atomic E-state index is 13.1. The fraction of sp³-hybridized carbons (Fsp3) is 0.391. The molecule has 206 valence electrons. The number of para-hydroxylation sites is 1. The van der Waals surface area contributed by atoms with Crippen LogP contribution < -0.4 is 27.4 Å². The number of aliphatic carboxylic acids is 2. The van der Waals surface area contributed by atoms with E-state index in [4.69, 9.17) is 21.7 Å². The van der Waals surface area contributed by atoms with E-state index in [9.17, 15) is 33.9 Å². The van der Waals surface area contributed by atoms with Gasteiger partial charge in [-0.2, -0.15) is 0 Å². The summed E-state index contributed by atoms with van der Waals surface area (Å²) in [6, 6.07) is 1.15. The Morgan fingerprint density at radius 3 is 2.11 bits per heavy atom. The molecular weight excluding hydrogens is 504 g/mol. The lowest BCUT2D eigenvalue weighted by molar-refractivity contribution is -0.143. The molecule has 0 fully saturated rings. The maximum atomic E-state index is 13.1. The molecule has 2 rings (SSSR count). The zero-order chi connectivity index (χ0) is 28.4. The third-order valence-electron chi connectivity index (χ3n) is 5.57. The number of primary amides is 1. The van der Waals surface area contributed by atoms with Crippen LogP contribution in [0.3, 0.4) is 0 Å². The first-order valence-corrected chi connectivity index (χ1v) is 11.5. The van der Waals surface area contributed by atoms with Gasteiger partial charge in [0.05, 0.1) is 13.0 Å². The number of carbonyl (C=O) groups excluding carboxylic acids is 4. The van der Waals surface area contributed by atoms with Crippen LogP contribution in [0.15, 0.2) is 30.5 Å². The Bertz CT molecular complexity index is 1200. The molecule has 0 aliphatic carbocycles. The Kier molecular flexibility index (Phi) is 10.7. The van der Waals surface area contributed by atoms with Gasteiger partial charge in [-0.15, -0.1) is 0 Å². The normalized spacial score (nSPS) is 14.1. The van der Waals surface area contributed by atoms with Gasteiger partial charge in [-0.1, -0.05) is 18.2 Å². The van der Waals surface area contributed by atoms with Gasteiger partial charge in [0.25, 0.3) is 0 Å². The summed E-state index contributed by atoms with van der Waals surface area (Å²) < 4.78 is 0. The fourth-order valence-corrected chi connectivity index (χ4v) is 3.57. The predicted molar refractivity (Wildman–Crippen MR) is 131 cm³/mol. The minimum absolute atomic E-state index is 0.139. The van der Waals surface area contributed by atoms with Crippen molar-refractivity contribution in [2.45, 2.75) is 49.9 Å². The van der Waals surface area contributed by atoms with E-state index in [1.165, 1.54) is 0 Å². The maximum Gasteiger partial charge on any atom is 0.326 e. The van der Waals surface area contributed by atoms with Crippen molar-refractivity contribution >= 4 is 46.5 Å². The van der Waals surface area contributed by atoms with E-state index in [0.29, 0.717) is 5.56 Å². The van der Waals surface area contributed by atoms with Gasteiger partial charge in [-0.25, -0.2) is 4.79 Å². The summed E-state index contributed by atoms with van der Waals surface area (Å²) >= 11 is 0. The molecular formula is C23H30N6O9. The van der Waals surface area contributed by atoms with Crippen LogP contribution in [-0.4, -0.2) is 86.6 Å². The molecule has 2 aromatic rings. The smallest absolute Gasteiger partial charge is 0.326 e. The van der Waals surface area contributed by atoms with Gasteiger partial charge in [0.15, 0.2) is 0 Å². The highest BCUT2D eigenvalue weighted by molar-refractivity contribution is 5.96. The van der Waals surface area contributed by atoms with Crippen molar-refractivity contribution in [3.63, 3.8) is 0 Å². The number of H-pyrrole nitrogens is 1. The summed E-state index contributed by atoms with van der Waals surface area (Å²) in [5.41, 5.74) is 11.9. The number of carbonyl (C=O) groups is 6. The van der Waals surface area contributed by atoms with Crippen LogP contribution in [0.4, 0.5) is 0 Å². The van der Waals surface area contributed by atoms with E-state index < -0.39 is 85.6 Å². The van der Waals surface area contributed by atoms with E-state index in [-0.39, 0.29) is 6.42 Å². The molecule has 0 bridgehead atoms. The minimum Gasteiger partial charge on any atom is -0.481 e. The fourth-order valence-electron chi connectivity index (χ4n) is 3.57. The minimum atomic E-state index is -1.57. The highest BCUT2D eigenvalue weighted by Gasteiger charge is 2.31. The van der Waals surface area contributed by atoms with Crippen LogP contribution in [0.5, 0.6) is 0 Å². The van der Waals surface area contributed by atoms with Crippen LogP contribution in [0.2, 0.25) is 0 Å². The van der Waals surface area contributed by atoms with Crippen LogP contribution in [0.1, 0.15) is 24.8 Å². The number of benzene rings is 1. The molecule has 1 heterocycles. The molecule has 1 aromatic heterocycles. The van der Waals surface area contributed by atoms with Gasteiger partial charge in [0.2, 0.25) is 23.6 Å². The number of rotatable bonds is 15. The quantitative estimate of drug-likeness (QED) is 0.114.